The largest absolute Gasteiger partial charge is 0.464 e. The molecule has 1 fully saturated rings. The highest BCUT2D eigenvalue weighted by atomic mass is 16.5. The van der Waals surface area contributed by atoms with Gasteiger partial charge in [-0.3, -0.25) is 0 Å². The van der Waals surface area contributed by atoms with Crippen molar-refractivity contribution in [2.75, 3.05) is 11.9 Å². The third kappa shape index (κ3) is 2.78. The Balaban J connectivity index is 1.57. The molecule has 1 aliphatic heterocycles. The lowest BCUT2D eigenvalue weighted by Crippen LogP contribution is -1.98. The molecule has 0 spiro atoms. The fourth-order valence-electron chi connectivity index (χ4n) is 2.08. The third-order valence-corrected chi connectivity index (χ3v) is 3.13. The number of nitrogens with one attached hydrogen (secondary N) is 1. The first-order valence-corrected chi connectivity index (χ1v) is 6.61. The van der Waals surface area contributed by atoms with Gasteiger partial charge < -0.3 is 18.9 Å². The van der Waals surface area contributed by atoms with E-state index in [2.05, 4.69) is 22.4 Å². The highest BCUT2D eigenvalue weighted by Gasteiger charge is 2.23. The zero-order chi connectivity index (χ0) is 13.1. The monoisotopic (exact) mass is 263 g/mol. The van der Waals surface area contributed by atoms with Gasteiger partial charge in [-0.15, -0.1) is 5.10 Å². The van der Waals surface area contributed by atoms with E-state index in [-0.39, 0.29) is 6.10 Å². The molecule has 102 valence electrons. The van der Waals surface area contributed by atoms with E-state index in [1.54, 1.807) is 0 Å². The number of ether oxygens (including phenoxy) is 1. The van der Waals surface area contributed by atoms with Crippen LogP contribution in [0.25, 0.3) is 0 Å². The number of rotatable bonds is 5. The molecule has 1 N–H and O–H groups in total. The minimum atomic E-state index is -0.0432. The fraction of sp³-hybridized carbons (Fsp3) is 0.538. The topological polar surface area (TPSA) is 73.3 Å². The smallest absolute Gasteiger partial charge is 0.315 e. The minimum absolute atomic E-state index is 0.0432. The molecule has 0 bridgehead atoms. The molecule has 0 saturated carbocycles. The molecule has 2 aromatic heterocycles. The lowest BCUT2D eigenvalue weighted by atomic mass is 10.2. The zero-order valence-electron chi connectivity index (χ0n) is 10.9. The quantitative estimate of drug-likeness (QED) is 0.894. The van der Waals surface area contributed by atoms with Gasteiger partial charge in [-0.25, -0.2) is 0 Å². The maximum atomic E-state index is 5.58. The molecule has 3 rings (SSSR count). The van der Waals surface area contributed by atoms with Crippen LogP contribution in [0.2, 0.25) is 0 Å². The van der Waals surface area contributed by atoms with Gasteiger partial charge in [0.25, 0.3) is 0 Å². The Kier molecular flexibility index (Phi) is 3.50. The molecule has 6 heteroatoms. The number of aryl methyl sites for hydroxylation is 1. The van der Waals surface area contributed by atoms with Crippen LogP contribution in [-0.2, 0) is 17.7 Å². The van der Waals surface area contributed by atoms with Gasteiger partial charge in [-0.2, -0.15) is 0 Å². The maximum Gasteiger partial charge on any atom is 0.315 e. The number of furan rings is 1. The van der Waals surface area contributed by atoms with Crippen LogP contribution >= 0.6 is 0 Å². The summed E-state index contributed by atoms with van der Waals surface area (Å²) in [6.45, 7) is 3.36. The third-order valence-electron chi connectivity index (χ3n) is 3.13. The van der Waals surface area contributed by atoms with Crippen molar-refractivity contribution in [1.82, 2.24) is 10.2 Å². The molecule has 1 atom stereocenters. The van der Waals surface area contributed by atoms with Crippen molar-refractivity contribution in [2.45, 2.75) is 38.8 Å². The molecular weight excluding hydrogens is 246 g/mol. The number of hydrogen-bond donors (Lipinski definition) is 1. The summed E-state index contributed by atoms with van der Waals surface area (Å²) in [6.07, 6.45) is 2.84. The van der Waals surface area contributed by atoms with Crippen molar-refractivity contribution >= 4 is 6.01 Å². The highest BCUT2D eigenvalue weighted by Crippen LogP contribution is 2.28. The summed E-state index contributed by atoms with van der Waals surface area (Å²) >= 11 is 0. The van der Waals surface area contributed by atoms with E-state index in [4.69, 9.17) is 13.6 Å². The van der Waals surface area contributed by atoms with Crippen molar-refractivity contribution in [3.05, 3.63) is 29.5 Å². The maximum absolute atomic E-state index is 5.58. The standard InChI is InChI=1S/C13H17N3O3/c1-2-9-5-6-10(18-9)8-14-13-16-15-12(19-13)11-4-3-7-17-11/h5-6,11H,2-4,7-8H2,1H3,(H,14,16). The van der Waals surface area contributed by atoms with Gasteiger partial charge >= 0.3 is 6.01 Å². The highest BCUT2D eigenvalue weighted by molar-refractivity contribution is 5.20. The molecule has 0 amide bonds. The summed E-state index contributed by atoms with van der Waals surface area (Å²) < 4.78 is 16.6. The molecule has 19 heavy (non-hydrogen) atoms. The van der Waals surface area contributed by atoms with Crippen molar-refractivity contribution in [3.8, 4) is 0 Å². The summed E-state index contributed by atoms with van der Waals surface area (Å²) in [5, 5.41) is 11.0. The summed E-state index contributed by atoms with van der Waals surface area (Å²) in [4.78, 5) is 0. The predicted molar refractivity (Wildman–Crippen MR) is 67.6 cm³/mol. The average molecular weight is 263 g/mol. The van der Waals surface area contributed by atoms with E-state index < -0.39 is 0 Å². The molecule has 3 heterocycles. The van der Waals surface area contributed by atoms with Crippen molar-refractivity contribution < 1.29 is 13.6 Å². The molecule has 0 aliphatic carbocycles. The Bertz CT molecular complexity index is 529. The van der Waals surface area contributed by atoms with Gasteiger partial charge in [0.15, 0.2) is 0 Å². The predicted octanol–water partition coefficient (Wildman–Crippen LogP) is 2.69. The molecule has 2 aromatic rings. The molecular formula is C13H17N3O3. The first-order chi connectivity index (χ1) is 9.35. The summed E-state index contributed by atoms with van der Waals surface area (Å²) in [5.41, 5.74) is 0. The fourth-order valence-corrected chi connectivity index (χ4v) is 2.08. The van der Waals surface area contributed by atoms with Crippen molar-refractivity contribution in [1.29, 1.82) is 0 Å². The molecule has 0 aromatic carbocycles. The van der Waals surface area contributed by atoms with Gasteiger partial charge in [-0.05, 0) is 25.0 Å². The number of nitrogens with zero attached hydrogens (tertiary/aromatic N) is 2. The second kappa shape index (κ2) is 5.44. The van der Waals surface area contributed by atoms with E-state index in [0.717, 1.165) is 37.4 Å². The van der Waals surface area contributed by atoms with Gasteiger partial charge in [-0.1, -0.05) is 12.0 Å². The Labute approximate surface area is 111 Å². The van der Waals surface area contributed by atoms with Crippen LogP contribution in [0.1, 0.15) is 43.3 Å². The second-order valence-corrected chi connectivity index (χ2v) is 4.52. The van der Waals surface area contributed by atoms with Crippen LogP contribution in [0.4, 0.5) is 6.01 Å². The van der Waals surface area contributed by atoms with Gasteiger partial charge in [0.05, 0.1) is 6.54 Å². The minimum Gasteiger partial charge on any atom is -0.464 e. The molecule has 0 radical (unpaired) electrons. The van der Waals surface area contributed by atoms with Crippen molar-refractivity contribution in [3.63, 3.8) is 0 Å². The Morgan fingerprint density at radius 2 is 2.16 bits per heavy atom. The van der Waals surface area contributed by atoms with E-state index in [0.29, 0.717) is 18.5 Å². The second-order valence-electron chi connectivity index (χ2n) is 4.52. The van der Waals surface area contributed by atoms with Crippen LogP contribution < -0.4 is 5.32 Å². The van der Waals surface area contributed by atoms with Crippen LogP contribution in [-0.4, -0.2) is 16.8 Å². The van der Waals surface area contributed by atoms with Gasteiger partial charge in [0.1, 0.15) is 17.6 Å². The Hall–Kier alpha value is -1.82. The summed E-state index contributed by atoms with van der Waals surface area (Å²) in [7, 11) is 0. The van der Waals surface area contributed by atoms with E-state index in [9.17, 15) is 0 Å². The van der Waals surface area contributed by atoms with Crippen LogP contribution in [0.3, 0.4) is 0 Å². The summed E-state index contributed by atoms with van der Waals surface area (Å²) in [6, 6.07) is 4.33. The number of hydrogen-bond acceptors (Lipinski definition) is 6. The normalized spacial score (nSPS) is 18.9. The van der Waals surface area contributed by atoms with E-state index in [1.165, 1.54) is 0 Å². The van der Waals surface area contributed by atoms with Gasteiger partial charge in [0, 0.05) is 13.0 Å². The van der Waals surface area contributed by atoms with Crippen LogP contribution in [0.5, 0.6) is 0 Å². The Morgan fingerprint density at radius 1 is 1.26 bits per heavy atom. The van der Waals surface area contributed by atoms with E-state index in [1.807, 2.05) is 12.1 Å². The lowest BCUT2D eigenvalue weighted by Gasteiger charge is -2.02. The molecule has 1 saturated heterocycles. The first-order valence-electron chi connectivity index (χ1n) is 6.61. The number of aromatic nitrogens is 2. The summed E-state index contributed by atoms with van der Waals surface area (Å²) in [5.74, 6) is 2.38. The van der Waals surface area contributed by atoms with Gasteiger partial charge in [0.2, 0.25) is 5.89 Å². The molecule has 6 nitrogen and oxygen atoms in total. The average Bonchev–Trinajstić information content (AvgIpc) is 3.16. The molecule has 1 unspecified atom stereocenters. The number of anilines is 1. The zero-order valence-corrected chi connectivity index (χ0v) is 10.9. The van der Waals surface area contributed by atoms with Crippen molar-refractivity contribution in [2.24, 2.45) is 0 Å². The van der Waals surface area contributed by atoms with Crippen LogP contribution in [0.15, 0.2) is 21.0 Å². The Morgan fingerprint density at radius 3 is 2.89 bits per heavy atom. The van der Waals surface area contributed by atoms with Crippen LogP contribution in [0, 0.1) is 0 Å². The lowest BCUT2D eigenvalue weighted by molar-refractivity contribution is 0.0897. The SMILES string of the molecule is CCc1ccc(CNc2nnc(C3CCCO3)o2)o1. The first kappa shape index (κ1) is 12.2. The van der Waals surface area contributed by atoms with E-state index >= 15 is 0 Å². The molecule has 1 aliphatic rings.